The van der Waals surface area contributed by atoms with Crippen LogP contribution >= 0.6 is 11.6 Å². The highest BCUT2D eigenvalue weighted by Crippen LogP contribution is 2.27. The Morgan fingerprint density at radius 3 is 2.42 bits per heavy atom. The highest BCUT2D eigenvalue weighted by Gasteiger charge is 2.03. The second-order valence-electron chi connectivity index (χ2n) is 4.87. The molecule has 0 bridgehead atoms. The third-order valence-electron chi connectivity index (χ3n) is 3.00. The molecule has 0 aliphatic rings. The van der Waals surface area contributed by atoms with Crippen LogP contribution in [0, 0.1) is 0 Å². The molecule has 2 rings (SSSR count). The molecule has 2 aromatic rings. The fourth-order valence-electron chi connectivity index (χ4n) is 1.79. The fraction of sp³-hybridized carbons (Fsp3) is 0.250. The first-order valence-electron chi connectivity index (χ1n) is 6.33. The molecule has 100 valence electrons. The summed E-state index contributed by atoms with van der Waals surface area (Å²) in [6.07, 6.45) is 0. The number of benzene rings is 2. The summed E-state index contributed by atoms with van der Waals surface area (Å²) in [6, 6.07) is 13.7. The largest absolute Gasteiger partial charge is 0.487 e. The topological polar surface area (TPSA) is 35.2 Å². The molecule has 0 saturated heterocycles. The van der Waals surface area contributed by atoms with Crippen LogP contribution in [0.4, 0.5) is 5.69 Å². The summed E-state index contributed by atoms with van der Waals surface area (Å²) in [5.74, 6) is 1.16. The van der Waals surface area contributed by atoms with Crippen LogP contribution in [0.2, 0.25) is 5.02 Å². The van der Waals surface area contributed by atoms with Crippen molar-refractivity contribution in [3.8, 4) is 5.75 Å². The van der Waals surface area contributed by atoms with Crippen LogP contribution in [-0.2, 0) is 6.61 Å². The van der Waals surface area contributed by atoms with E-state index in [0.29, 0.717) is 29.0 Å². The van der Waals surface area contributed by atoms with Crippen LogP contribution in [-0.4, -0.2) is 0 Å². The van der Waals surface area contributed by atoms with Gasteiger partial charge < -0.3 is 10.5 Å². The summed E-state index contributed by atoms with van der Waals surface area (Å²) in [7, 11) is 0. The second kappa shape index (κ2) is 5.98. The van der Waals surface area contributed by atoms with Crippen molar-refractivity contribution < 1.29 is 4.74 Å². The number of halogens is 1. The van der Waals surface area contributed by atoms with Gasteiger partial charge in [-0.3, -0.25) is 0 Å². The van der Waals surface area contributed by atoms with Gasteiger partial charge in [0.2, 0.25) is 0 Å². The van der Waals surface area contributed by atoms with E-state index >= 15 is 0 Å². The minimum Gasteiger partial charge on any atom is -0.487 e. The van der Waals surface area contributed by atoms with Crippen molar-refractivity contribution in [1.82, 2.24) is 0 Å². The first-order chi connectivity index (χ1) is 9.06. The molecular weight excluding hydrogens is 258 g/mol. The molecule has 0 unspecified atom stereocenters. The molecule has 0 saturated carbocycles. The summed E-state index contributed by atoms with van der Waals surface area (Å²) in [6.45, 7) is 4.84. The molecule has 0 spiro atoms. The summed E-state index contributed by atoms with van der Waals surface area (Å²) in [5, 5.41) is 0.577. The minimum absolute atomic E-state index is 0.488. The average Bonchev–Trinajstić information content (AvgIpc) is 2.40. The molecule has 2 N–H and O–H groups in total. The van der Waals surface area contributed by atoms with Crippen molar-refractivity contribution in [3.05, 3.63) is 58.6 Å². The standard InChI is InChI=1S/C16H18ClNO/c1-11(2)13-5-3-12(4-6-13)10-19-16-9-14(18)7-8-15(16)17/h3-9,11H,10,18H2,1-2H3. The van der Waals surface area contributed by atoms with Gasteiger partial charge in [-0.05, 0) is 29.2 Å². The highest BCUT2D eigenvalue weighted by atomic mass is 35.5. The van der Waals surface area contributed by atoms with E-state index in [1.807, 2.05) is 0 Å². The van der Waals surface area contributed by atoms with Crippen LogP contribution in [0.25, 0.3) is 0 Å². The lowest BCUT2D eigenvalue weighted by atomic mass is 10.0. The van der Waals surface area contributed by atoms with Gasteiger partial charge in [0.1, 0.15) is 12.4 Å². The van der Waals surface area contributed by atoms with E-state index in [2.05, 4.69) is 38.1 Å². The number of nitrogens with two attached hydrogens (primary N) is 1. The Bertz CT molecular complexity index is 549. The van der Waals surface area contributed by atoms with Gasteiger partial charge >= 0.3 is 0 Å². The van der Waals surface area contributed by atoms with Crippen LogP contribution in [0.3, 0.4) is 0 Å². The molecular formula is C16H18ClNO. The van der Waals surface area contributed by atoms with E-state index in [-0.39, 0.29) is 0 Å². The Morgan fingerprint density at radius 1 is 1.11 bits per heavy atom. The molecule has 3 heteroatoms. The van der Waals surface area contributed by atoms with Crippen molar-refractivity contribution in [1.29, 1.82) is 0 Å². The van der Waals surface area contributed by atoms with Crippen LogP contribution in [0.1, 0.15) is 30.9 Å². The van der Waals surface area contributed by atoms with E-state index < -0.39 is 0 Å². The number of nitrogen functional groups attached to an aromatic ring is 1. The third-order valence-corrected chi connectivity index (χ3v) is 3.31. The SMILES string of the molecule is CC(C)c1ccc(COc2cc(N)ccc2Cl)cc1. The Labute approximate surface area is 119 Å². The highest BCUT2D eigenvalue weighted by molar-refractivity contribution is 6.32. The fourth-order valence-corrected chi connectivity index (χ4v) is 1.96. The molecule has 0 radical (unpaired) electrons. The monoisotopic (exact) mass is 275 g/mol. The van der Waals surface area contributed by atoms with Crippen molar-refractivity contribution in [2.24, 2.45) is 0 Å². The molecule has 0 fully saturated rings. The normalized spacial score (nSPS) is 10.7. The van der Waals surface area contributed by atoms with Crippen LogP contribution < -0.4 is 10.5 Å². The molecule has 2 nitrogen and oxygen atoms in total. The zero-order chi connectivity index (χ0) is 13.8. The zero-order valence-electron chi connectivity index (χ0n) is 11.2. The van der Waals surface area contributed by atoms with E-state index in [0.717, 1.165) is 5.56 Å². The molecule has 0 atom stereocenters. The summed E-state index contributed by atoms with van der Waals surface area (Å²) in [5.41, 5.74) is 8.80. The molecule has 0 aliphatic heterocycles. The van der Waals surface area contributed by atoms with Crippen molar-refractivity contribution in [2.45, 2.75) is 26.4 Å². The zero-order valence-corrected chi connectivity index (χ0v) is 11.9. The molecule has 0 amide bonds. The van der Waals surface area contributed by atoms with Gasteiger partial charge in [0, 0.05) is 11.8 Å². The Kier molecular flexibility index (Phi) is 4.33. The lowest BCUT2D eigenvalue weighted by Crippen LogP contribution is -1.97. The van der Waals surface area contributed by atoms with Gasteiger partial charge in [-0.1, -0.05) is 49.7 Å². The summed E-state index contributed by atoms with van der Waals surface area (Å²) >= 11 is 6.05. The van der Waals surface area contributed by atoms with Gasteiger partial charge in [-0.15, -0.1) is 0 Å². The van der Waals surface area contributed by atoms with Gasteiger partial charge in [-0.2, -0.15) is 0 Å². The molecule has 0 aromatic heterocycles. The number of ether oxygens (including phenoxy) is 1. The van der Waals surface area contributed by atoms with Gasteiger partial charge in [0.15, 0.2) is 0 Å². The van der Waals surface area contributed by atoms with Gasteiger partial charge in [0.05, 0.1) is 5.02 Å². The first kappa shape index (κ1) is 13.8. The minimum atomic E-state index is 0.488. The van der Waals surface area contributed by atoms with Crippen molar-refractivity contribution in [3.63, 3.8) is 0 Å². The number of hydrogen-bond acceptors (Lipinski definition) is 2. The predicted molar refractivity (Wildman–Crippen MR) is 80.7 cm³/mol. The smallest absolute Gasteiger partial charge is 0.140 e. The Hall–Kier alpha value is -1.67. The number of rotatable bonds is 4. The lowest BCUT2D eigenvalue weighted by Gasteiger charge is -2.10. The van der Waals surface area contributed by atoms with E-state index in [1.165, 1.54) is 5.56 Å². The van der Waals surface area contributed by atoms with Crippen LogP contribution in [0.5, 0.6) is 5.75 Å². The number of hydrogen-bond donors (Lipinski definition) is 1. The van der Waals surface area contributed by atoms with Crippen LogP contribution in [0.15, 0.2) is 42.5 Å². The van der Waals surface area contributed by atoms with E-state index in [9.17, 15) is 0 Å². The lowest BCUT2D eigenvalue weighted by molar-refractivity contribution is 0.306. The number of anilines is 1. The third kappa shape index (κ3) is 3.65. The molecule has 0 heterocycles. The van der Waals surface area contributed by atoms with Crippen molar-refractivity contribution >= 4 is 17.3 Å². The quantitative estimate of drug-likeness (QED) is 0.826. The Morgan fingerprint density at radius 2 is 1.79 bits per heavy atom. The van der Waals surface area contributed by atoms with Gasteiger partial charge in [-0.25, -0.2) is 0 Å². The Balaban J connectivity index is 2.04. The summed E-state index contributed by atoms with van der Waals surface area (Å²) in [4.78, 5) is 0. The maximum absolute atomic E-state index is 6.05. The molecule has 2 aromatic carbocycles. The first-order valence-corrected chi connectivity index (χ1v) is 6.70. The van der Waals surface area contributed by atoms with E-state index in [1.54, 1.807) is 18.2 Å². The average molecular weight is 276 g/mol. The van der Waals surface area contributed by atoms with Gasteiger partial charge in [0.25, 0.3) is 0 Å². The van der Waals surface area contributed by atoms with E-state index in [4.69, 9.17) is 22.1 Å². The predicted octanol–water partition coefficient (Wildman–Crippen LogP) is 4.62. The van der Waals surface area contributed by atoms with Crippen molar-refractivity contribution in [2.75, 3.05) is 5.73 Å². The summed E-state index contributed by atoms with van der Waals surface area (Å²) < 4.78 is 5.69. The maximum atomic E-state index is 6.05. The second-order valence-corrected chi connectivity index (χ2v) is 5.28. The molecule has 19 heavy (non-hydrogen) atoms. The maximum Gasteiger partial charge on any atom is 0.140 e. The molecule has 0 aliphatic carbocycles.